The number of phenolic OH excluding ortho intramolecular Hbond substituents is 1. The lowest BCUT2D eigenvalue weighted by Crippen LogP contribution is -2.45. The SMILES string of the molecule is CCN1CCN(Cc2cc(NC(=O)c3nc4ccccc4nc3OC)ccc2O)CC1. The van der Waals surface area contributed by atoms with Gasteiger partial charge >= 0.3 is 0 Å². The third kappa shape index (κ3) is 4.76. The molecule has 1 aliphatic rings. The number of amides is 1. The highest BCUT2D eigenvalue weighted by atomic mass is 16.5. The van der Waals surface area contributed by atoms with E-state index in [1.807, 2.05) is 18.2 Å². The van der Waals surface area contributed by atoms with Crippen molar-refractivity contribution in [2.24, 2.45) is 0 Å². The Hall–Kier alpha value is -3.23. The zero-order valence-electron chi connectivity index (χ0n) is 17.8. The van der Waals surface area contributed by atoms with Gasteiger partial charge in [0, 0.05) is 44.0 Å². The lowest BCUT2D eigenvalue weighted by atomic mass is 10.1. The number of aromatic hydroxyl groups is 1. The van der Waals surface area contributed by atoms with Gasteiger partial charge in [-0.1, -0.05) is 19.1 Å². The number of nitrogens with one attached hydrogen (secondary N) is 1. The normalized spacial score (nSPS) is 15.2. The molecule has 8 heteroatoms. The van der Waals surface area contributed by atoms with E-state index < -0.39 is 5.91 Å². The molecule has 1 fully saturated rings. The number of hydrogen-bond donors (Lipinski definition) is 2. The Morgan fingerprint density at radius 3 is 2.42 bits per heavy atom. The van der Waals surface area contributed by atoms with Gasteiger partial charge in [0.15, 0.2) is 5.69 Å². The maximum absolute atomic E-state index is 12.9. The summed E-state index contributed by atoms with van der Waals surface area (Å²) in [6.07, 6.45) is 0. The first kappa shape index (κ1) is 21.0. The molecule has 2 heterocycles. The fourth-order valence-corrected chi connectivity index (χ4v) is 3.76. The number of phenols is 1. The molecule has 0 unspecified atom stereocenters. The number of anilines is 1. The van der Waals surface area contributed by atoms with Crippen LogP contribution in [-0.4, -0.2) is 70.6 Å². The first-order valence-electron chi connectivity index (χ1n) is 10.5. The van der Waals surface area contributed by atoms with Crippen LogP contribution in [0.2, 0.25) is 0 Å². The molecule has 162 valence electrons. The first-order valence-corrected chi connectivity index (χ1v) is 10.5. The minimum absolute atomic E-state index is 0.117. The van der Waals surface area contributed by atoms with E-state index in [1.54, 1.807) is 24.3 Å². The van der Waals surface area contributed by atoms with Crippen LogP contribution >= 0.6 is 0 Å². The Morgan fingerprint density at radius 2 is 1.74 bits per heavy atom. The lowest BCUT2D eigenvalue weighted by Gasteiger charge is -2.34. The maximum atomic E-state index is 12.9. The highest BCUT2D eigenvalue weighted by molar-refractivity contribution is 6.05. The topological polar surface area (TPSA) is 90.8 Å². The van der Waals surface area contributed by atoms with E-state index in [-0.39, 0.29) is 17.3 Å². The van der Waals surface area contributed by atoms with Gasteiger partial charge < -0.3 is 20.1 Å². The summed E-state index contributed by atoms with van der Waals surface area (Å²) >= 11 is 0. The number of benzene rings is 2. The van der Waals surface area contributed by atoms with E-state index in [1.165, 1.54) is 7.11 Å². The van der Waals surface area contributed by atoms with Gasteiger partial charge in [0.2, 0.25) is 5.88 Å². The average molecular weight is 422 g/mol. The van der Waals surface area contributed by atoms with E-state index in [0.717, 1.165) is 38.3 Å². The number of carbonyl (C=O) groups excluding carboxylic acids is 1. The Balaban J connectivity index is 1.51. The van der Waals surface area contributed by atoms with Crippen LogP contribution in [0.1, 0.15) is 23.0 Å². The summed E-state index contributed by atoms with van der Waals surface area (Å²) in [4.78, 5) is 26.5. The Bertz CT molecular complexity index is 1080. The largest absolute Gasteiger partial charge is 0.508 e. The summed E-state index contributed by atoms with van der Waals surface area (Å²) < 4.78 is 5.29. The van der Waals surface area contributed by atoms with Crippen molar-refractivity contribution in [2.45, 2.75) is 13.5 Å². The van der Waals surface area contributed by atoms with Crippen LogP contribution in [0.25, 0.3) is 11.0 Å². The van der Waals surface area contributed by atoms with Crippen molar-refractivity contribution in [3.05, 3.63) is 53.7 Å². The molecule has 0 radical (unpaired) electrons. The summed E-state index contributed by atoms with van der Waals surface area (Å²) in [5.41, 5.74) is 2.75. The second-order valence-corrected chi connectivity index (χ2v) is 7.58. The van der Waals surface area contributed by atoms with Crippen molar-refractivity contribution in [1.82, 2.24) is 19.8 Å². The lowest BCUT2D eigenvalue weighted by molar-refractivity contribution is 0.101. The second kappa shape index (κ2) is 9.28. The molecule has 0 aliphatic carbocycles. The molecule has 8 nitrogen and oxygen atoms in total. The van der Waals surface area contributed by atoms with Gasteiger partial charge in [0.1, 0.15) is 5.75 Å². The third-order valence-electron chi connectivity index (χ3n) is 5.59. The number of hydrogen-bond acceptors (Lipinski definition) is 7. The van der Waals surface area contributed by atoms with Crippen molar-refractivity contribution in [3.8, 4) is 11.6 Å². The van der Waals surface area contributed by atoms with Gasteiger partial charge in [-0.15, -0.1) is 0 Å². The number of nitrogens with zero attached hydrogens (tertiary/aromatic N) is 4. The van der Waals surface area contributed by atoms with Crippen LogP contribution in [0, 0.1) is 0 Å². The van der Waals surface area contributed by atoms with Gasteiger partial charge in [0.25, 0.3) is 5.91 Å². The van der Waals surface area contributed by atoms with Crippen LogP contribution in [0.15, 0.2) is 42.5 Å². The summed E-state index contributed by atoms with van der Waals surface area (Å²) in [5, 5.41) is 13.2. The number of methoxy groups -OCH3 is 1. The van der Waals surface area contributed by atoms with E-state index in [2.05, 4.69) is 32.0 Å². The summed E-state index contributed by atoms with van der Waals surface area (Å²) in [6.45, 7) is 7.81. The highest BCUT2D eigenvalue weighted by Gasteiger charge is 2.20. The number of carbonyl (C=O) groups is 1. The Labute approximate surface area is 181 Å². The van der Waals surface area contributed by atoms with Crippen molar-refractivity contribution < 1.29 is 14.6 Å². The van der Waals surface area contributed by atoms with Gasteiger partial charge in [-0.2, -0.15) is 0 Å². The van der Waals surface area contributed by atoms with E-state index in [9.17, 15) is 9.90 Å². The number of rotatable bonds is 6. The number of ether oxygens (including phenoxy) is 1. The summed E-state index contributed by atoms with van der Waals surface area (Å²) in [5.74, 6) is -0.0219. The summed E-state index contributed by atoms with van der Waals surface area (Å²) in [6, 6.07) is 12.4. The molecule has 0 atom stereocenters. The van der Waals surface area contributed by atoms with E-state index in [4.69, 9.17) is 4.74 Å². The fourth-order valence-electron chi connectivity index (χ4n) is 3.76. The van der Waals surface area contributed by atoms with Crippen LogP contribution in [0.4, 0.5) is 5.69 Å². The predicted molar refractivity (Wildman–Crippen MR) is 120 cm³/mol. The molecule has 2 aromatic carbocycles. The van der Waals surface area contributed by atoms with Crippen LogP contribution in [-0.2, 0) is 6.54 Å². The molecule has 3 aromatic rings. The maximum Gasteiger partial charge on any atom is 0.279 e. The minimum atomic E-state index is -0.414. The van der Waals surface area contributed by atoms with E-state index >= 15 is 0 Å². The van der Waals surface area contributed by atoms with Gasteiger partial charge in [-0.3, -0.25) is 9.69 Å². The number of aromatic nitrogens is 2. The smallest absolute Gasteiger partial charge is 0.279 e. The minimum Gasteiger partial charge on any atom is -0.508 e. The molecule has 1 saturated heterocycles. The first-order chi connectivity index (χ1) is 15.1. The Kier molecular flexibility index (Phi) is 6.29. The average Bonchev–Trinajstić information content (AvgIpc) is 2.80. The molecule has 1 aromatic heterocycles. The molecule has 1 amide bonds. The zero-order valence-corrected chi connectivity index (χ0v) is 17.8. The third-order valence-corrected chi connectivity index (χ3v) is 5.59. The molecule has 1 aliphatic heterocycles. The number of likely N-dealkylation sites (N-methyl/N-ethyl adjacent to an activating group) is 1. The van der Waals surface area contributed by atoms with Crippen molar-refractivity contribution in [3.63, 3.8) is 0 Å². The number of fused-ring (bicyclic) bond motifs is 1. The number of para-hydroxylation sites is 2. The van der Waals surface area contributed by atoms with E-state index in [0.29, 0.717) is 23.3 Å². The zero-order chi connectivity index (χ0) is 21.8. The van der Waals surface area contributed by atoms with Crippen LogP contribution in [0.3, 0.4) is 0 Å². The highest BCUT2D eigenvalue weighted by Crippen LogP contribution is 2.25. The monoisotopic (exact) mass is 421 g/mol. The standard InChI is InChI=1S/C23H27N5O3/c1-3-27-10-12-28(13-11-27)15-16-14-17(8-9-20(16)29)24-22(30)21-23(31-2)26-19-7-5-4-6-18(19)25-21/h4-9,14,29H,3,10-13,15H2,1-2H3,(H,24,30). The molecule has 0 spiro atoms. The molecule has 2 N–H and O–H groups in total. The predicted octanol–water partition coefficient (Wildman–Crippen LogP) is 2.73. The molecular weight excluding hydrogens is 394 g/mol. The number of piperazine rings is 1. The van der Waals surface area contributed by atoms with Crippen LogP contribution < -0.4 is 10.1 Å². The molecule has 0 saturated carbocycles. The van der Waals surface area contributed by atoms with Crippen LogP contribution in [0.5, 0.6) is 11.6 Å². The molecule has 31 heavy (non-hydrogen) atoms. The summed E-state index contributed by atoms with van der Waals surface area (Å²) in [7, 11) is 1.46. The van der Waals surface area contributed by atoms with Crippen molar-refractivity contribution >= 4 is 22.6 Å². The molecule has 4 rings (SSSR count). The van der Waals surface area contributed by atoms with Crippen molar-refractivity contribution in [2.75, 3.05) is 45.2 Å². The molecular formula is C23H27N5O3. The van der Waals surface area contributed by atoms with Gasteiger partial charge in [0.05, 0.1) is 18.1 Å². The molecule has 0 bridgehead atoms. The van der Waals surface area contributed by atoms with Crippen molar-refractivity contribution in [1.29, 1.82) is 0 Å². The Morgan fingerprint density at radius 1 is 1.06 bits per heavy atom. The van der Waals surface area contributed by atoms with Gasteiger partial charge in [-0.25, -0.2) is 9.97 Å². The second-order valence-electron chi connectivity index (χ2n) is 7.58. The quantitative estimate of drug-likeness (QED) is 0.592. The fraction of sp³-hybridized carbons (Fsp3) is 0.348. The van der Waals surface area contributed by atoms with Gasteiger partial charge in [-0.05, 0) is 36.9 Å².